The highest BCUT2D eigenvalue weighted by molar-refractivity contribution is 5.85. The van der Waals surface area contributed by atoms with Gasteiger partial charge in [-0.1, -0.05) is 24.3 Å². The van der Waals surface area contributed by atoms with Crippen LogP contribution in [0.25, 0.3) is 0 Å². The van der Waals surface area contributed by atoms with Crippen LogP contribution in [0.4, 0.5) is 0 Å². The number of hydrogen-bond donors (Lipinski definition) is 0. The number of nitrogens with zero attached hydrogens (tertiary/aromatic N) is 3. The number of amides is 1. The highest BCUT2D eigenvalue weighted by Crippen LogP contribution is 2.35. The number of likely N-dealkylation sites (tertiary alicyclic amines) is 1. The van der Waals surface area contributed by atoms with Gasteiger partial charge in [-0.2, -0.15) is 5.10 Å². The maximum Gasteiger partial charge on any atom is 0.230 e. The van der Waals surface area contributed by atoms with E-state index in [4.69, 9.17) is 0 Å². The Morgan fingerprint density at radius 1 is 1.26 bits per heavy atom. The van der Waals surface area contributed by atoms with Gasteiger partial charge >= 0.3 is 0 Å². The van der Waals surface area contributed by atoms with Crippen LogP contribution in [0.3, 0.4) is 0 Å². The largest absolute Gasteiger partial charge is 0.340 e. The van der Waals surface area contributed by atoms with Gasteiger partial charge in [0.15, 0.2) is 0 Å². The van der Waals surface area contributed by atoms with Crippen molar-refractivity contribution in [2.75, 3.05) is 13.1 Å². The Hall–Kier alpha value is -2.10. The predicted octanol–water partition coefficient (Wildman–Crippen LogP) is 3.09. The van der Waals surface area contributed by atoms with Crippen molar-refractivity contribution >= 4 is 5.91 Å². The standard InChI is InChI=1S/C19H23N3O/c1-14-11-20-22(12-14)16-6-4-10-21(13-16)19(23)18-9-8-15-5-2-3-7-17(15)18/h2-3,5,7,11-12,16,18H,4,6,8-10,13H2,1H3/t16-,18-/m0/s1. The third-order valence-electron chi connectivity index (χ3n) is 5.24. The summed E-state index contributed by atoms with van der Waals surface area (Å²) in [4.78, 5) is 15.1. The molecule has 0 N–H and O–H groups in total. The summed E-state index contributed by atoms with van der Waals surface area (Å²) in [5, 5.41) is 4.45. The average Bonchev–Trinajstić information content (AvgIpc) is 3.20. The number of piperidine rings is 1. The molecule has 1 aliphatic heterocycles. The minimum absolute atomic E-state index is 0.0595. The van der Waals surface area contributed by atoms with E-state index >= 15 is 0 Å². The minimum atomic E-state index is 0.0595. The smallest absolute Gasteiger partial charge is 0.230 e. The van der Waals surface area contributed by atoms with E-state index in [0.717, 1.165) is 38.8 Å². The Balaban J connectivity index is 1.51. The lowest BCUT2D eigenvalue weighted by Crippen LogP contribution is -2.42. The number of benzene rings is 1. The van der Waals surface area contributed by atoms with Gasteiger partial charge in [-0.3, -0.25) is 9.48 Å². The Kier molecular flexibility index (Phi) is 3.68. The Bertz CT molecular complexity index is 721. The van der Waals surface area contributed by atoms with Crippen LogP contribution in [0, 0.1) is 6.92 Å². The molecular formula is C19H23N3O. The molecule has 1 fully saturated rings. The maximum atomic E-state index is 13.0. The van der Waals surface area contributed by atoms with E-state index in [1.807, 2.05) is 10.9 Å². The Morgan fingerprint density at radius 3 is 2.96 bits per heavy atom. The lowest BCUT2D eigenvalue weighted by atomic mass is 9.97. The van der Waals surface area contributed by atoms with Gasteiger partial charge in [0.2, 0.25) is 5.91 Å². The van der Waals surface area contributed by atoms with Gasteiger partial charge in [-0.25, -0.2) is 0 Å². The fraction of sp³-hybridized carbons (Fsp3) is 0.474. The second-order valence-electron chi connectivity index (χ2n) is 6.87. The van der Waals surface area contributed by atoms with E-state index in [9.17, 15) is 4.79 Å². The summed E-state index contributed by atoms with van der Waals surface area (Å²) >= 11 is 0. The molecule has 1 saturated heterocycles. The van der Waals surface area contributed by atoms with Crippen molar-refractivity contribution in [1.82, 2.24) is 14.7 Å². The van der Waals surface area contributed by atoms with Crippen molar-refractivity contribution in [2.45, 2.75) is 44.6 Å². The maximum absolute atomic E-state index is 13.0. The van der Waals surface area contributed by atoms with E-state index in [1.54, 1.807) is 0 Å². The molecule has 2 atom stereocenters. The molecule has 0 saturated carbocycles. The number of carbonyl (C=O) groups is 1. The molecule has 120 valence electrons. The Morgan fingerprint density at radius 2 is 2.13 bits per heavy atom. The van der Waals surface area contributed by atoms with Gasteiger partial charge in [-0.05, 0) is 49.3 Å². The summed E-state index contributed by atoms with van der Waals surface area (Å²) in [6.07, 6.45) is 8.13. The summed E-state index contributed by atoms with van der Waals surface area (Å²) in [6.45, 7) is 3.73. The molecule has 0 radical (unpaired) electrons. The molecule has 1 amide bonds. The van der Waals surface area contributed by atoms with E-state index in [1.165, 1.54) is 16.7 Å². The van der Waals surface area contributed by atoms with Crippen LogP contribution in [0.2, 0.25) is 0 Å². The zero-order valence-corrected chi connectivity index (χ0v) is 13.6. The predicted molar refractivity (Wildman–Crippen MR) is 89.3 cm³/mol. The number of hydrogen-bond acceptors (Lipinski definition) is 2. The van der Waals surface area contributed by atoms with Crippen LogP contribution in [-0.4, -0.2) is 33.7 Å². The lowest BCUT2D eigenvalue weighted by Gasteiger charge is -2.34. The van der Waals surface area contributed by atoms with Gasteiger partial charge in [0.1, 0.15) is 0 Å². The molecule has 4 heteroatoms. The highest BCUT2D eigenvalue weighted by Gasteiger charge is 2.34. The minimum Gasteiger partial charge on any atom is -0.340 e. The number of aryl methyl sites for hydroxylation is 2. The molecule has 4 rings (SSSR count). The number of rotatable bonds is 2. The second kappa shape index (κ2) is 5.84. The first-order chi connectivity index (χ1) is 11.2. The van der Waals surface area contributed by atoms with Crippen molar-refractivity contribution in [3.05, 3.63) is 53.3 Å². The first kappa shape index (κ1) is 14.5. The van der Waals surface area contributed by atoms with Crippen LogP contribution in [0.5, 0.6) is 0 Å². The van der Waals surface area contributed by atoms with Crippen molar-refractivity contribution in [3.63, 3.8) is 0 Å². The van der Waals surface area contributed by atoms with Crippen LogP contribution in [-0.2, 0) is 11.2 Å². The van der Waals surface area contributed by atoms with Crippen LogP contribution >= 0.6 is 0 Å². The SMILES string of the molecule is Cc1cnn([C@H]2CCCN(C(=O)[C@H]3CCc4ccccc43)C2)c1. The summed E-state index contributed by atoms with van der Waals surface area (Å²) < 4.78 is 2.04. The molecule has 0 spiro atoms. The van der Waals surface area contributed by atoms with E-state index in [2.05, 4.69) is 47.4 Å². The molecule has 2 aromatic rings. The number of fused-ring (bicyclic) bond motifs is 1. The van der Waals surface area contributed by atoms with Crippen molar-refractivity contribution in [1.29, 1.82) is 0 Å². The lowest BCUT2D eigenvalue weighted by molar-refractivity contribution is -0.134. The fourth-order valence-corrected chi connectivity index (χ4v) is 4.04. The van der Waals surface area contributed by atoms with Gasteiger partial charge < -0.3 is 4.90 Å². The van der Waals surface area contributed by atoms with Crippen LogP contribution < -0.4 is 0 Å². The summed E-state index contributed by atoms with van der Waals surface area (Å²) in [6, 6.07) is 8.73. The molecule has 2 aliphatic rings. The van der Waals surface area contributed by atoms with E-state index in [0.29, 0.717) is 11.9 Å². The quantitative estimate of drug-likeness (QED) is 0.855. The summed E-state index contributed by atoms with van der Waals surface area (Å²) in [5.41, 5.74) is 3.77. The van der Waals surface area contributed by atoms with Crippen LogP contribution in [0.1, 0.15) is 47.9 Å². The van der Waals surface area contributed by atoms with Gasteiger partial charge in [0.25, 0.3) is 0 Å². The van der Waals surface area contributed by atoms with Gasteiger partial charge in [0, 0.05) is 19.3 Å². The average molecular weight is 309 g/mol. The second-order valence-corrected chi connectivity index (χ2v) is 6.87. The summed E-state index contributed by atoms with van der Waals surface area (Å²) in [7, 11) is 0. The fourth-order valence-electron chi connectivity index (χ4n) is 4.04. The molecule has 4 nitrogen and oxygen atoms in total. The van der Waals surface area contributed by atoms with E-state index in [-0.39, 0.29) is 5.92 Å². The zero-order chi connectivity index (χ0) is 15.8. The van der Waals surface area contributed by atoms with Crippen molar-refractivity contribution < 1.29 is 4.79 Å². The van der Waals surface area contributed by atoms with Crippen molar-refractivity contribution in [3.8, 4) is 0 Å². The molecule has 0 bridgehead atoms. The summed E-state index contributed by atoms with van der Waals surface area (Å²) in [5.74, 6) is 0.368. The highest BCUT2D eigenvalue weighted by atomic mass is 16.2. The molecular weight excluding hydrogens is 286 g/mol. The monoisotopic (exact) mass is 309 g/mol. The molecule has 0 unspecified atom stereocenters. The zero-order valence-electron chi connectivity index (χ0n) is 13.6. The molecule has 1 aromatic carbocycles. The first-order valence-electron chi connectivity index (χ1n) is 8.60. The van der Waals surface area contributed by atoms with Gasteiger partial charge in [0.05, 0.1) is 18.2 Å². The Labute approximate surface area is 137 Å². The molecule has 1 aliphatic carbocycles. The topological polar surface area (TPSA) is 38.1 Å². The molecule has 1 aromatic heterocycles. The third kappa shape index (κ3) is 2.67. The molecule has 2 heterocycles. The number of carbonyl (C=O) groups excluding carboxylic acids is 1. The van der Waals surface area contributed by atoms with Gasteiger partial charge in [-0.15, -0.1) is 0 Å². The first-order valence-corrected chi connectivity index (χ1v) is 8.60. The third-order valence-corrected chi connectivity index (χ3v) is 5.24. The van der Waals surface area contributed by atoms with Crippen molar-refractivity contribution in [2.24, 2.45) is 0 Å². The normalized spacial score (nSPS) is 23.8. The molecule has 23 heavy (non-hydrogen) atoms. The number of aromatic nitrogens is 2. The van der Waals surface area contributed by atoms with Crippen LogP contribution in [0.15, 0.2) is 36.7 Å². The van der Waals surface area contributed by atoms with E-state index < -0.39 is 0 Å².